The quantitative estimate of drug-likeness (QED) is 0.441. The molecule has 1 aromatic rings. The number of aromatic nitrogens is 2. The van der Waals surface area contributed by atoms with Gasteiger partial charge in [-0.15, -0.1) is 6.32 Å². The average molecular weight is 164 g/mol. The van der Waals surface area contributed by atoms with Gasteiger partial charge in [-0.3, -0.25) is 0 Å². The molecule has 1 aromatic heterocycles. The molecule has 4 heteroatoms. The first kappa shape index (κ1) is 9.30. The summed E-state index contributed by atoms with van der Waals surface area (Å²) in [5.74, 6) is 0. The SMILES string of the molecule is [CH2+][BH-](CC)n1cc[n+]([BH2-]CC)c1. The van der Waals surface area contributed by atoms with Crippen LogP contribution in [0.4, 0.5) is 0 Å². The van der Waals surface area contributed by atoms with E-state index < -0.39 is 0 Å². The Bertz CT molecular complexity index is 235. The fourth-order valence-electron chi connectivity index (χ4n) is 1.58. The molecule has 0 spiro atoms. The molecule has 66 valence electrons. The Kier molecular flexibility index (Phi) is 3.32. The minimum atomic E-state index is -0.368. The first-order valence-corrected chi connectivity index (χ1v) is 5.25. The lowest BCUT2D eigenvalue weighted by Crippen LogP contribution is -2.37. The maximum Gasteiger partial charge on any atom is 0.364 e. The molecule has 0 saturated carbocycles. The van der Waals surface area contributed by atoms with Gasteiger partial charge in [-0.1, -0.05) is 27.0 Å². The van der Waals surface area contributed by atoms with Crippen molar-refractivity contribution in [3.63, 3.8) is 0 Å². The lowest BCUT2D eigenvalue weighted by Gasteiger charge is -2.03. The van der Waals surface area contributed by atoms with Gasteiger partial charge in [-0.2, -0.15) is 0 Å². The maximum atomic E-state index is 4.15. The molecular formula is C8H18B2N2. The van der Waals surface area contributed by atoms with Crippen LogP contribution in [0.3, 0.4) is 0 Å². The van der Waals surface area contributed by atoms with Gasteiger partial charge < -0.3 is 8.96 Å². The molecule has 0 aromatic carbocycles. The van der Waals surface area contributed by atoms with Crippen molar-refractivity contribution < 1.29 is 4.48 Å². The molecule has 1 rings (SSSR count). The van der Waals surface area contributed by atoms with E-state index in [1.54, 1.807) is 0 Å². The second-order valence-electron chi connectivity index (χ2n) is 3.92. The Morgan fingerprint density at radius 3 is 2.92 bits per heavy atom. The first-order chi connectivity index (χ1) is 5.77. The van der Waals surface area contributed by atoms with E-state index in [2.05, 4.69) is 48.3 Å². The Morgan fingerprint density at radius 2 is 2.33 bits per heavy atom. The number of nitrogens with zero attached hydrogens (tertiary/aromatic N) is 2. The summed E-state index contributed by atoms with van der Waals surface area (Å²) in [6.45, 7) is 8.23. The molecule has 1 atom stereocenters. The van der Waals surface area contributed by atoms with Crippen molar-refractivity contribution in [1.29, 1.82) is 0 Å². The largest absolute Gasteiger partial charge is 0.445 e. The predicted octanol–water partition coefficient (Wildman–Crippen LogP) is 0.111. The van der Waals surface area contributed by atoms with Crippen LogP contribution in [0, 0.1) is 6.82 Å². The van der Waals surface area contributed by atoms with Crippen LogP contribution in [-0.2, 0) is 0 Å². The summed E-state index contributed by atoms with van der Waals surface area (Å²) >= 11 is 0. The molecule has 0 radical (unpaired) electrons. The van der Waals surface area contributed by atoms with E-state index in [1.165, 1.54) is 12.6 Å². The highest BCUT2D eigenvalue weighted by atomic mass is 15.0. The monoisotopic (exact) mass is 164 g/mol. The molecule has 0 N–H and O–H groups in total. The van der Waals surface area contributed by atoms with E-state index in [0.29, 0.717) is 0 Å². The van der Waals surface area contributed by atoms with Crippen LogP contribution in [0.2, 0.25) is 12.6 Å². The van der Waals surface area contributed by atoms with Crippen LogP contribution >= 0.6 is 0 Å². The zero-order chi connectivity index (χ0) is 8.97. The van der Waals surface area contributed by atoms with Crippen LogP contribution in [0.25, 0.3) is 0 Å². The van der Waals surface area contributed by atoms with Gasteiger partial charge in [-0.05, 0) is 0 Å². The van der Waals surface area contributed by atoms with Crippen molar-refractivity contribution in [3.05, 3.63) is 25.5 Å². The minimum Gasteiger partial charge on any atom is -0.445 e. The highest BCUT2D eigenvalue weighted by molar-refractivity contribution is 6.58. The second kappa shape index (κ2) is 4.29. The van der Waals surface area contributed by atoms with Crippen molar-refractivity contribution in [3.8, 4) is 0 Å². The molecular weight excluding hydrogens is 146 g/mol. The molecule has 0 fully saturated rings. The summed E-state index contributed by atoms with van der Waals surface area (Å²) in [5.41, 5.74) is 0. The van der Waals surface area contributed by atoms with Crippen molar-refractivity contribution >= 4 is 14.3 Å². The number of hydrogen-bond acceptors (Lipinski definition) is 0. The standard InChI is InChI=1S/C8H18B2N2/c1-4-9-11-6-7-12(8-11)10(3)5-2/h6-8,10H,3-5,9H2,1-2H3. The van der Waals surface area contributed by atoms with E-state index in [-0.39, 0.29) is 14.3 Å². The minimum absolute atomic E-state index is 0.0768. The highest BCUT2D eigenvalue weighted by Crippen LogP contribution is 1.93. The third kappa shape index (κ3) is 2.10. The summed E-state index contributed by atoms with van der Waals surface area (Å²) in [6.07, 6.45) is 9.07. The van der Waals surface area contributed by atoms with Crippen LogP contribution in [0.15, 0.2) is 18.7 Å². The molecule has 0 bridgehead atoms. The predicted molar refractivity (Wildman–Crippen MR) is 57.4 cm³/mol. The van der Waals surface area contributed by atoms with Crippen LogP contribution in [0.1, 0.15) is 13.8 Å². The Hall–Kier alpha value is -0.790. The Balaban J connectivity index is 2.63. The smallest absolute Gasteiger partial charge is 0.364 e. The van der Waals surface area contributed by atoms with E-state index in [4.69, 9.17) is 0 Å². The third-order valence-electron chi connectivity index (χ3n) is 2.60. The van der Waals surface area contributed by atoms with Gasteiger partial charge in [0.15, 0.2) is 13.7 Å². The summed E-state index contributed by atoms with van der Waals surface area (Å²) < 4.78 is 4.62. The Morgan fingerprint density at radius 1 is 1.58 bits per heavy atom. The number of imidazole rings is 1. The fourth-order valence-corrected chi connectivity index (χ4v) is 1.58. The van der Waals surface area contributed by atoms with Crippen LogP contribution in [0.5, 0.6) is 0 Å². The van der Waals surface area contributed by atoms with Crippen molar-refractivity contribution in [2.75, 3.05) is 0 Å². The highest BCUT2D eigenvalue weighted by Gasteiger charge is 2.09. The van der Waals surface area contributed by atoms with Gasteiger partial charge in [-0.25, -0.2) is 0 Å². The lowest BCUT2D eigenvalue weighted by atomic mass is 9.62. The summed E-state index contributed by atoms with van der Waals surface area (Å²) in [5, 5.41) is 0. The van der Waals surface area contributed by atoms with Gasteiger partial charge in [0.1, 0.15) is 0 Å². The third-order valence-corrected chi connectivity index (χ3v) is 2.60. The normalized spacial score (nSPS) is 13.2. The van der Waals surface area contributed by atoms with Crippen LogP contribution in [-0.4, -0.2) is 18.7 Å². The zero-order valence-electron chi connectivity index (χ0n) is 8.45. The van der Waals surface area contributed by atoms with Crippen molar-refractivity contribution in [2.45, 2.75) is 26.5 Å². The summed E-state index contributed by atoms with van der Waals surface area (Å²) in [7, 11) is 0.0768. The molecule has 0 aliphatic rings. The van der Waals surface area contributed by atoms with E-state index >= 15 is 0 Å². The molecule has 1 heterocycles. The molecule has 0 aliphatic heterocycles. The molecule has 0 saturated heterocycles. The summed E-state index contributed by atoms with van der Waals surface area (Å²) in [4.78, 5) is 0. The number of hydrogen-bond donors (Lipinski definition) is 0. The molecule has 0 amide bonds. The zero-order valence-corrected chi connectivity index (χ0v) is 8.45. The van der Waals surface area contributed by atoms with Gasteiger partial charge in [0.25, 0.3) is 0 Å². The lowest BCUT2D eigenvalue weighted by molar-refractivity contribution is -0.528. The molecule has 1 unspecified atom stereocenters. The number of rotatable bonds is 4. The molecule has 12 heavy (non-hydrogen) atoms. The topological polar surface area (TPSA) is 8.81 Å². The van der Waals surface area contributed by atoms with Crippen LogP contribution < -0.4 is 4.48 Å². The van der Waals surface area contributed by atoms with E-state index in [9.17, 15) is 0 Å². The van der Waals surface area contributed by atoms with Gasteiger partial charge in [0.2, 0.25) is 0 Å². The molecule has 0 aliphatic carbocycles. The van der Waals surface area contributed by atoms with Crippen molar-refractivity contribution in [1.82, 2.24) is 4.48 Å². The van der Waals surface area contributed by atoms with Gasteiger partial charge in [0, 0.05) is 0 Å². The molecule has 2 nitrogen and oxygen atoms in total. The summed E-state index contributed by atoms with van der Waals surface area (Å²) in [6, 6.07) is 0. The second-order valence-corrected chi connectivity index (χ2v) is 3.92. The average Bonchev–Trinajstić information content (AvgIpc) is 2.52. The van der Waals surface area contributed by atoms with Crippen molar-refractivity contribution in [2.24, 2.45) is 0 Å². The van der Waals surface area contributed by atoms with Gasteiger partial charge in [0.05, 0.1) is 12.4 Å². The maximum absolute atomic E-state index is 4.15. The van der Waals surface area contributed by atoms with E-state index in [0.717, 1.165) is 0 Å². The first-order valence-electron chi connectivity index (χ1n) is 5.25. The van der Waals surface area contributed by atoms with E-state index in [1.807, 2.05) is 0 Å². The Labute approximate surface area is 76.0 Å². The van der Waals surface area contributed by atoms with Gasteiger partial charge >= 0.3 is 6.85 Å². The fraction of sp³-hybridized carbons (Fsp3) is 0.500.